The number of aliphatic hydroxyl groups excluding tert-OH is 6. The van der Waals surface area contributed by atoms with Gasteiger partial charge in [-0.05, 0) is 31.9 Å². The van der Waals surface area contributed by atoms with Gasteiger partial charge in [0, 0.05) is 5.41 Å². The summed E-state index contributed by atoms with van der Waals surface area (Å²) in [5, 5.41) is 81.7. The maximum Gasteiger partial charge on any atom is 0.187 e. The van der Waals surface area contributed by atoms with Gasteiger partial charge in [0.1, 0.15) is 41.7 Å². The molecule has 11 atom stereocenters. The van der Waals surface area contributed by atoms with Crippen molar-refractivity contribution in [3.8, 4) is 0 Å². The smallest absolute Gasteiger partial charge is 0.187 e. The highest BCUT2D eigenvalue weighted by atomic mass is 16.7. The first-order valence-corrected chi connectivity index (χ1v) is 12.0. The molecule has 0 bridgehead atoms. The normalized spacial score (nSPS) is 46.2. The molecule has 11 unspecified atom stereocenters. The van der Waals surface area contributed by atoms with Gasteiger partial charge in [-0.3, -0.25) is 0 Å². The van der Waals surface area contributed by atoms with Gasteiger partial charge in [0.25, 0.3) is 0 Å². The summed E-state index contributed by atoms with van der Waals surface area (Å²) in [5.41, 5.74) is -3.31. The molecule has 0 aromatic rings. The van der Waals surface area contributed by atoms with E-state index in [1.165, 1.54) is 0 Å². The highest BCUT2D eigenvalue weighted by molar-refractivity contribution is 5.32. The van der Waals surface area contributed by atoms with Crippen LogP contribution in [0.3, 0.4) is 0 Å². The second-order valence-electron chi connectivity index (χ2n) is 10.7. The second-order valence-corrected chi connectivity index (χ2v) is 10.7. The molecule has 0 amide bonds. The van der Waals surface area contributed by atoms with Crippen LogP contribution in [0, 0.1) is 5.41 Å². The van der Waals surface area contributed by atoms with Crippen molar-refractivity contribution in [2.45, 2.75) is 101 Å². The van der Waals surface area contributed by atoms with Gasteiger partial charge in [0.15, 0.2) is 12.6 Å². The molecule has 2 fully saturated rings. The van der Waals surface area contributed by atoms with E-state index in [-0.39, 0.29) is 6.61 Å². The number of ether oxygens (including phenoxy) is 4. The third kappa shape index (κ3) is 5.70. The van der Waals surface area contributed by atoms with Gasteiger partial charge in [0.05, 0.1) is 32.0 Å². The zero-order valence-corrected chi connectivity index (χ0v) is 21.0. The van der Waals surface area contributed by atoms with Gasteiger partial charge in [-0.15, -0.1) is 0 Å². The van der Waals surface area contributed by atoms with Crippen molar-refractivity contribution in [1.29, 1.82) is 0 Å². The summed E-state index contributed by atoms with van der Waals surface area (Å²) in [6, 6.07) is 0. The Kier molecular flexibility index (Phi) is 9.04. The standard InChI is InChI=1S/C24H40O12/c1-12-7-14(26)8-22(3,4)24(12,32)6-5-13(2)35-20-18(29)17(28)16(27)15(36-20)9-33-21-19(30)23(31,10-25)11-34-21/h5-7,13-21,25-32H,8-11H2,1-4H3. The lowest BCUT2D eigenvalue weighted by Gasteiger charge is -2.46. The zero-order valence-electron chi connectivity index (χ0n) is 21.0. The number of aliphatic hydroxyl groups is 8. The maximum absolute atomic E-state index is 11.3. The highest BCUT2D eigenvalue weighted by Gasteiger charge is 2.50. The predicted octanol–water partition coefficient (Wildman–Crippen LogP) is -2.32. The van der Waals surface area contributed by atoms with Crippen LogP contribution in [-0.4, -0.2) is 127 Å². The van der Waals surface area contributed by atoms with Gasteiger partial charge in [-0.2, -0.15) is 0 Å². The van der Waals surface area contributed by atoms with Crippen molar-refractivity contribution in [3.63, 3.8) is 0 Å². The Morgan fingerprint density at radius 2 is 1.75 bits per heavy atom. The molecule has 208 valence electrons. The van der Waals surface area contributed by atoms with Crippen molar-refractivity contribution in [2.24, 2.45) is 5.41 Å². The Morgan fingerprint density at radius 1 is 1.08 bits per heavy atom. The van der Waals surface area contributed by atoms with E-state index in [4.69, 9.17) is 18.9 Å². The molecule has 0 aromatic heterocycles. The Hall–Kier alpha value is -1.00. The van der Waals surface area contributed by atoms with Crippen LogP contribution in [0.4, 0.5) is 0 Å². The molecular formula is C24H40O12. The summed E-state index contributed by atoms with van der Waals surface area (Å²) in [6.45, 7) is 5.54. The van der Waals surface area contributed by atoms with Gasteiger partial charge in [-0.25, -0.2) is 0 Å². The van der Waals surface area contributed by atoms with Crippen LogP contribution in [0.5, 0.6) is 0 Å². The van der Waals surface area contributed by atoms with Gasteiger partial charge in [-0.1, -0.05) is 26.0 Å². The SMILES string of the molecule is CC1=CC(O)CC(C)(C)C1(O)C=CC(C)OC1OC(COC2OCC(O)(CO)C2O)C(O)C(O)C1O. The molecule has 1 aliphatic carbocycles. The van der Waals surface area contributed by atoms with Crippen LogP contribution < -0.4 is 0 Å². The van der Waals surface area contributed by atoms with Crippen LogP contribution in [-0.2, 0) is 18.9 Å². The summed E-state index contributed by atoms with van der Waals surface area (Å²) in [7, 11) is 0. The molecular weight excluding hydrogens is 480 g/mol. The molecule has 2 heterocycles. The van der Waals surface area contributed by atoms with Crippen LogP contribution in [0.2, 0.25) is 0 Å². The lowest BCUT2D eigenvalue weighted by atomic mass is 9.64. The number of hydrogen-bond donors (Lipinski definition) is 8. The van der Waals surface area contributed by atoms with Crippen LogP contribution in [0.1, 0.15) is 34.1 Å². The fourth-order valence-corrected chi connectivity index (χ4v) is 4.87. The van der Waals surface area contributed by atoms with E-state index in [9.17, 15) is 40.9 Å². The van der Waals surface area contributed by atoms with Crippen molar-refractivity contribution >= 4 is 0 Å². The molecule has 0 saturated carbocycles. The van der Waals surface area contributed by atoms with Crippen molar-refractivity contribution in [2.75, 3.05) is 19.8 Å². The molecule has 12 nitrogen and oxygen atoms in total. The first kappa shape index (κ1) is 29.6. The van der Waals surface area contributed by atoms with Crippen LogP contribution in [0.15, 0.2) is 23.8 Å². The summed E-state index contributed by atoms with van der Waals surface area (Å²) in [5.74, 6) is 0. The Labute approximate surface area is 210 Å². The minimum Gasteiger partial charge on any atom is -0.393 e. The van der Waals surface area contributed by atoms with Crippen molar-refractivity contribution < 1.29 is 59.8 Å². The van der Waals surface area contributed by atoms with Gasteiger partial charge in [0.2, 0.25) is 0 Å². The van der Waals surface area contributed by atoms with Crippen molar-refractivity contribution in [1.82, 2.24) is 0 Å². The third-order valence-corrected chi connectivity index (χ3v) is 7.42. The largest absolute Gasteiger partial charge is 0.393 e. The third-order valence-electron chi connectivity index (χ3n) is 7.42. The van der Waals surface area contributed by atoms with E-state index in [1.54, 1.807) is 32.1 Å². The average Bonchev–Trinajstić information content (AvgIpc) is 3.09. The topological polar surface area (TPSA) is 199 Å². The molecule has 0 aromatic carbocycles. The lowest BCUT2D eigenvalue weighted by Crippen LogP contribution is -2.60. The van der Waals surface area contributed by atoms with Crippen LogP contribution >= 0.6 is 0 Å². The minimum absolute atomic E-state index is 0.353. The molecule has 36 heavy (non-hydrogen) atoms. The minimum atomic E-state index is -1.89. The molecule has 0 spiro atoms. The van der Waals surface area contributed by atoms with E-state index in [0.717, 1.165) is 0 Å². The van der Waals surface area contributed by atoms with E-state index in [2.05, 4.69) is 0 Å². The fourth-order valence-electron chi connectivity index (χ4n) is 4.87. The molecule has 3 aliphatic rings. The predicted molar refractivity (Wildman–Crippen MR) is 123 cm³/mol. The number of rotatable bonds is 8. The monoisotopic (exact) mass is 520 g/mol. The first-order valence-electron chi connectivity index (χ1n) is 12.0. The Morgan fingerprint density at radius 3 is 2.33 bits per heavy atom. The number of hydrogen-bond acceptors (Lipinski definition) is 12. The quantitative estimate of drug-likeness (QED) is 0.159. The lowest BCUT2D eigenvalue weighted by molar-refractivity contribution is -0.314. The molecule has 8 N–H and O–H groups in total. The molecule has 12 heteroatoms. The van der Waals surface area contributed by atoms with E-state index in [1.807, 2.05) is 13.8 Å². The molecule has 3 rings (SSSR count). The summed E-state index contributed by atoms with van der Waals surface area (Å²) >= 11 is 0. The summed E-state index contributed by atoms with van der Waals surface area (Å²) < 4.78 is 21.9. The Balaban J connectivity index is 1.63. The first-order chi connectivity index (χ1) is 16.6. The van der Waals surface area contributed by atoms with Gasteiger partial charge >= 0.3 is 0 Å². The van der Waals surface area contributed by atoms with Crippen molar-refractivity contribution in [3.05, 3.63) is 23.8 Å². The van der Waals surface area contributed by atoms with E-state index >= 15 is 0 Å². The fraction of sp³-hybridized carbons (Fsp3) is 0.833. The van der Waals surface area contributed by atoms with E-state index in [0.29, 0.717) is 12.0 Å². The highest BCUT2D eigenvalue weighted by Crippen LogP contribution is 2.45. The molecule has 0 radical (unpaired) electrons. The summed E-state index contributed by atoms with van der Waals surface area (Å²) in [6.07, 6.45) is -6.45. The molecule has 2 aliphatic heterocycles. The van der Waals surface area contributed by atoms with Crippen LogP contribution in [0.25, 0.3) is 0 Å². The maximum atomic E-state index is 11.3. The van der Waals surface area contributed by atoms with E-state index < -0.39 is 85.1 Å². The zero-order chi connectivity index (χ0) is 27.1. The average molecular weight is 521 g/mol. The van der Waals surface area contributed by atoms with Gasteiger partial charge < -0.3 is 59.8 Å². The second kappa shape index (κ2) is 11.0. The molecule has 2 saturated heterocycles. The summed E-state index contributed by atoms with van der Waals surface area (Å²) in [4.78, 5) is 0. The Bertz CT molecular complexity index is 817.